The fraction of sp³-hybridized carbons (Fsp3) is 0.500. The molecular weight excluding hydrogens is 202 g/mol. The average molecular weight is 211 g/mol. The van der Waals surface area contributed by atoms with Gasteiger partial charge in [-0.1, -0.05) is 0 Å². The van der Waals surface area contributed by atoms with Gasteiger partial charge in [-0.3, -0.25) is 0 Å². The molecule has 2 nitrogen and oxygen atoms in total. The van der Waals surface area contributed by atoms with Crippen LogP contribution in [0.15, 0.2) is 22.8 Å². The molecule has 1 aromatic heterocycles. The van der Waals surface area contributed by atoms with Crippen molar-refractivity contribution in [3.63, 3.8) is 0 Å². The maximum atomic E-state index is 12.3. The molecule has 1 rings (SSSR count). The second-order valence-electron chi connectivity index (χ2n) is 2.74. The molecule has 0 saturated carbocycles. The van der Waals surface area contributed by atoms with Crippen molar-refractivity contribution in [2.75, 3.05) is 6.54 Å². The van der Waals surface area contributed by atoms with Crippen molar-refractivity contribution in [2.45, 2.75) is 18.9 Å². The van der Waals surface area contributed by atoms with Crippen LogP contribution in [0.25, 0.3) is 0 Å². The van der Waals surface area contributed by atoms with Crippen molar-refractivity contribution in [3.8, 4) is 0 Å². The Bertz CT molecular complexity index is 260. The van der Waals surface area contributed by atoms with Gasteiger partial charge in [-0.25, -0.2) is 8.78 Å². The van der Waals surface area contributed by atoms with Crippen molar-refractivity contribution < 1.29 is 22.0 Å². The van der Waals surface area contributed by atoms with E-state index >= 15 is 0 Å². The van der Waals surface area contributed by atoms with Crippen molar-refractivity contribution in [1.29, 1.82) is 0 Å². The van der Waals surface area contributed by atoms with Crippen LogP contribution in [0, 0.1) is 0 Å². The first-order valence-electron chi connectivity index (χ1n) is 3.91. The van der Waals surface area contributed by atoms with Crippen LogP contribution in [0.5, 0.6) is 0 Å². The molecule has 80 valence electrons. The van der Waals surface area contributed by atoms with E-state index in [1.54, 1.807) is 12.1 Å². The summed E-state index contributed by atoms with van der Waals surface area (Å²) in [6.07, 6.45) is -2.27. The van der Waals surface area contributed by atoms with Gasteiger partial charge in [0.1, 0.15) is 5.76 Å². The lowest BCUT2D eigenvalue weighted by molar-refractivity contribution is -0.125. The van der Waals surface area contributed by atoms with Gasteiger partial charge in [-0.15, -0.1) is 0 Å². The SMILES string of the molecule is FC(F)C(F)(F)CNCc1ccco1. The van der Waals surface area contributed by atoms with E-state index in [2.05, 4.69) is 5.32 Å². The van der Waals surface area contributed by atoms with Crippen molar-refractivity contribution in [1.82, 2.24) is 5.32 Å². The minimum Gasteiger partial charge on any atom is -0.468 e. The maximum absolute atomic E-state index is 12.3. The zero-order valence-electron chi connectivity index (χ0n) is 7.14. The van der Waals surface area contributed by atoms with E-state index in [-0.39, 0.29) is 6.54 Å². The van der Waals surface area contributed by atoms with Gasteiger partial charge in [-0.05, 0) is 12.1 Å². The highest BCUT2D eigenvalue weighted by Gasteiger charge is 2.39. The summed E-state index contributed by atoms with van der Waals surface area (Å²) in [4.78, 5) is 0. The molecule has 1 aromatic rings. The molecule has 0 amide bonds. The van der Waals surface area contributed by atoms with Gasteiger partial charge in [0.2, 0.25) is 0 Å². The highest BCUT2D eigenvalue weighted by molar-refractivity contribution is 4.97. The van der Waals surface area contributed by atoms with Gasteiger partial charge in [0.25, 0.3) is 0 Å². The molecule has 1 N–H and O–H groups in total. The summed E-state index contributed by atoms with van der Waals surface area (Å²) in [6.45, 7) is -1.05. The molecular formula is C8H9F4NO. The predicted molar refractivity (Wildman–Crippen MR) is 41.4 cm³/mol. The minimum atomic E-state index is -3.99. The number of alkyl halides is 4. The maximum Gasteiger partial charge on any atom is 0.319 e. The topological polar surface area (TPSA) is 25.2 Å². The Labute approximate surface area is 77.9 Å². The largest absolute Gasteiger partial charge is 0.468 e. The third-order valence-corrected chi connectivity index (χ3v) is 1.56. The van der Waals surface area contributed by atoms with Gasteiger partial charge >= 0.3 is 12.3 Å². The van der Waals surface area contributed by atoms with Crippen LogP contribution in [0.3, 0.4) is 0 Å². The molecule has 0 unspecified atom stereocenters. The molecule has 0 aliphatic heterocycles. The number of hydrogen-bond donors (Lipinski definition) is 1. The van der Waals surface area contributed by atoms with Crippen LogP contribution >= 0.6 is 0 Å². The summed E-state index contributed by atoms with van der Waals surface area (Å²) >= 11 is 0. The molecule has 0 aromatic carbocycles. The lowest BCUT2D eigenvalue weighted by Gasteiger charge is -2.14. The molecule has 1 heterocycles. The molecule has 0 saturated heterocycles. The van der Waals surface area contributed by atoms with Crippen LogP contribution < -0.4 is 5.32 Å². The first-order chi connectivity index (χ1) is 6.52. The summed E-state index contributed by atoms with van der Waals surface area (Å²) in [6, 6.07) is 3.15. The van der Waals surface area contributed by atoms with Gasteiger partial charge in [0.05, 0.1) is 19.4 Å². The van der Waals surface area contributed by atoms with Gasteiger partial charge in [-0.2, -0.15) is 8.78 Å². The lowest BCUT2D eigenvalue weighted by Crippen LogP contribution is -2.38. The number of hydrogen-bond acceptors (Lipinski definition) is 2. The van der Waals surface area contributed by atoms with E-state index in [0.29, 0.717) is 5.76 Å². The Morgan fingerprint density at radius 3 is 2.64 bits per heavy atom. The summed E-state index contributed by atoms with van der Waals surface area (Å²) in [5, 5.41) is 2.19. The van der Waals surface area contributed by atoms with Crippen LogP contribution in [0.4, 0.5) is 17.6 Å². The Hall–Kier alpha value is -1.04. The van der Waals surface area contributed by atoms with Crippen LogP contribution in [-0.2, 0) is 6.54 Å². The van der Waals surface area contributed by atoms with Crippen LogP contribution in [-0.4, -0.2) is 18.9 Å². The molecule has 0 spiro atoms. The van der Waals surface area contributed by atoms with Gasteiger partial charge in [0.15, 0.2) is 0 Å². The Morgan fingerprint density at radius 1 is 1.43 bits per heavy atom. The van der Waals surface area contributed by atoms with E-state index in [4.69, 9.17) is 4.42 Å². The highest BCUT2D eigenvalue weighted by Crippen LogP contribution is 2.21. The normalized spacial score (nSPS) is 12.4. The predicted octanol–water partition coefficient (Wildman–Crippen LogP) is 2.27. The first kappa shape index (κ1) is 11.0. The number of rotatable bonds is 5. The van der Waals surface area contributed by atoms with Crippen molar-refractivity contribution >= 4 is 0 Å². The van der Waals surface area contributed by atoms with E-state index in [9.17, 15) is 17.6 Å². The average Bonchev–Trinajstić information content (AvgIpc) is 2.56. The fourth-order valence-electron chi connectivity index (χ4n) is 0.843. The zero-order valence-corrected chi connectivity index (χ0v) is 7.14. The third kappa shape index (κ3) is 3.02. The molecule has 6 heteroatoms. The molecule has 0 bridgehead atoms. The third-order valence-electron chi connectivity index (χ3n) is 1.56. The molecule has 0 radical (unpaired) electrons. The van der Waals surface area contributed by atoms with Crippen LogP contribution in [0.1, 0.15) is 5.76 Å². The minimum absolute atomic E-state index is 0.00924. The molecule has 0 atom stereocenters. The van der Waals surface area contributed by atoms with Crippen molar-refractivity contribution in [3.05, 3.63) is 24.2 Å². The molecule has 0 aliphatic carbocycles. The molecule has 0 fully saturated rings. The smallest absolute Gasteiger partial charge is 0.319 e. The lowest BCUT2D eigenvalue weighted by atomic mass is 10.3. The van der Waals surface area contributed by atoms with E-state index < -0.39 is 18.9 Å². The monoisotopic (exact) mass is 211 g/mol. The van der Waals surface area contributed by atoms with E-state index in [1.807, 2.05) is 0 Å². The Kier molecular flexibility index (Phi) is 3.51. The summed E-state index contributed by atoms with van der Waals surface area (Å²) < 4.78 is 52.8. The standard InChI is InChI=1S/C8H9F4NO/c9-7(10)8(11,12)5-13-4-6-2-1-3-14-6/h1-3,7,13H,4-5H2. The quantitative estimate of drug-likeness (QED) is 0.756. The van der Waals surface area contributed by atoms with Crippen molar-refractivity contribution in [2.24, 2.45) is 0 Å². The highest BCUT2D eigenvalue weighted by atomic mass is 19.3. The summed E-state index contributed by atoms with van der Waals surface area (Å²) in [5.74, 6) is -3.57. The number of halogens is 4. The second kappa shape index (κ2) is 4.45. The molecule has 14 heavy (non-hydrogen) atoms. The Balaban J connectivity index is 2.28. The van der Waals surface area contributed by atoms with Gasteiger partial charge < -0.3 is 9.73 Å². The zero-order chi connectivity index (χ0) is 10.6. The van der Waals surface area contributed by atoms with Gasteiger partial charge in [0, 0.05) is 0 Å². The second-order valence-corrected chi connectivity index (χ2v) is 2.74. The van der Waals surface area contributed by atoms with Crippen LogP contribution in [0.2, 0.25) is 0 Å². The number of furan rings is 1. The number of nitrogens with one attached hydrogen (secondary N) is 1. The molecule has 0 aliphatic rings. The van der Waals surface area contributed by atoms with E-state index in [0.717, 1.165) is 0 Å². The fourth-order valence-corrected chi connectivity index (χ4v) is 0.843. The Morgan fingerprint density at radius 2 is 2.14 bits per heavy atom. The summed E-state index contributed by atoms with van der Waals surface area (Å²) in [7, 11) is 0. The first-order valence-corrected chi connectivity index (χ1v) is 3.91. The summed E-state index contributed by atoms with van der Waals surface area (Å²) in [5.41, 5.74) is 0. The van der Waals surface area contributed by atoms with E-state index in [1.165, 1.54) is 6.26 Å².